The number of piperidine rings is 1. The Hall–Kier alpha value is -1.49. The van der Waals surface area contributed by atoms with Crippen LogP contribution in [0.4, 0.5) is 13.9 Å². The molecular weight excluding hydrogens is 314 g/mol. The summed E-state index contributed by atoms with van der Waals surface area (Å²) in [4.78, 5) is 6.99. The lowest BCUT2D eigenvalue weighted by atomic mass is 9.82. The Morgan fingerprint density at radius 1 is 1.09 bits per heavy atom. The highest BCUT2D eigenvalue weighted by molar-refractivity contribution is 7.14. The summed E-state index contributed by atoms with van der Waals surface area (Å²) in [6.45, 7) is 7.73. The van der Waals surface area contributed by atoms with E-state index in [1.54, 1.807) is 17.4 Å². The lowest BCUT2D eigenvalue weighted by molar-refractivity contribution is 0.466. The van der Waals surface area contributed by atoms with Crippen LogP contribution in [0, 0.1) is 11.6 Å². The Morgan fingerprint density at radius 2 is 1.78 bits per heavy atom. The second-order valence-electron chi connectivity index (χ2n) is 7.10. The van der Waals surface area contributed by atoms with Gasteiger partial charge in [0.2, 0.25) is 0 Å². The molecule has 0 atom stereocenters. The van der Waals surface area contributed by atoms with Gasteiger partial charge in [-0.15, -0.1) is 11.3 Å². The normalized spacial score (nSPS) is 16.0. The highest BCUT2D eigenvalue weighted by Crippen LogP contribution is 2.37. The van der Waals surface area contributed by atoms with Crippen LogP contribution in [0.15, 0.2) is 17.5 Å². The van der Waals surface area contributed by atoms with E-state index in [1.165, 1.54) is 25.3 Å². The molecule has 1 saturated heterocycles. The molecule has 0 saturated carbocycles. The summed E-state index contributed by atoms with van der Waals surface area (Å²) in [7, 11) is 0. The van der Waals surface area contributed by atoms with Crippen molar-refractivity contribution < 1.29 is 8.78 Å². The molecule has 1 aliphatic rings. The minimum absolute atomic E-state index is 0.396. The van der Waals surface area contributed by atoms with Crippen LogP contribution in [-0.4, -0.2) is 18.1 Å². The van der Waals surface area contributed by atoms with Crippen molar-refractivity contribution in [3.8, 4) is 11.3 Å². The molecule has 3 rings (SSSR count). The average Bonchev–Trinajstić information content (AvgIpc) is 2.99. The van der Waals surface area contributed by atoms with Crippen LogP contribution in [0.1, 0.15) is 45.6 Å². The Bertz CT molecular complexity index is 698. The van der Waals surface area contributed by atoms with Gasteiger partial charge < -0.3 is 4.90 Å². The molecular formula is C18H22F2N2S. The van der Waals surface area contributed by atoms with E-state index in [2.05, 4.69) is 4.90 Å². The molecule has 0 radical (unpaired) electrons. The van der Waals surface area contributed by atoms with Gasteiger partial charge >= 0.3 is 0 Å². The van der Waals surface area contributed by atoms with Gasteiger partial charge in [0, 0.05) is 29.6 Å². The van der Waals surface area contributed by atoms with E-state index in [9.17, 15) is 8.78 Å². The molecule has 5 heteroatoms. The monoisotopic (exact) mass is 336 g/mol. The fraction of sp³-hybridized carbons (Fsp3) is 0.500. The lowest BCUT2D eigenvalue weighted by Gasteiger charge is -2.26. The minimum Gasteiger partial charge on any atom is -0.348 e. The van der Waals surface area contributed by atoms with Crippen LogP contribution in [-0.2, 0) is 5.41 Å². The van der Waals surface area contributed by atoms with Crippen LogP contribution in [0.3, 0.4) is 0 Å². The summed E-state index contributed by atoms with van der Waals surface area (Å²) in [6, 6.07) is 2.84. The van der Waals surface area contributed by atoms with Gasteiger partial charge in [0.1, 0.15) is 0 Å². The summed E-state index contributed by atoms with van der Waals surface area (Å²) in [5, 5.41) is 2.93. The quantitative estimate of drug-likeness (QED) is 0.732. The van der Waals surface area contributed by atoms with E-state index in [0.717, 1.165) is 23.9 Å². The Labute approximate surface area is 140 Å². The van der Waals surface area contributed by atoms with Crippen molar-refractivity contribution in [1.29, 1.82) is 0 Å². The van der Waals surface area contributed by atoms with Gasteiger partial charge in [-0.3, -0.25) is 0 Å². The highest BCUT2D eigenvalue weighted by atomic mass is 32.1. The predicted molar refractivity (Wildman–Crippen MR) is 92.2 cm³/mol. The molecule has 0 bridgehead atoms. The van der Waals surface area contributed by atoms with Gasteiger partial charge in [-0.05, 0) is 36.8 Å². The maximum atomic E-state index is 14.4. The summed E-state index contributed by atoms with van der Waals surface area (Å²) >= 11 is 1.58. The Kier molecular flexibility index (Phi) is 4.41. The van der Waals surface area contributed by atoms with Gasteiger partial charge in [0.15, 0.2) is 16.8 Å². The first-order valence-corrected chi connectivity index (χ1v) is 8.95. The highest BCUT2D eigenvalue weighted by Gasteiger charge is 2.27. The third-order valence-corrected chi connectivity index (χ3v) is 5.14. The van der Waals surface area contributed by atoms with E-state index < -0.39 is 17.0 Å². The number of benzene rings is 1. The van der Waals surface area contributed by atoms with Gasteiger partial charge in [0.05, 0.1) is 5.69 Å². The zero-order valence-electron chi connectivity index (χ0n) is 13.8. The molecule has 0 N–H and O–H groups in total. The molecule has 2 heterocycles. The van der Waals surface area contributed by atoms with Crippen LogP contribution >= 0.6 is 11.3 Å². The molecule has 23 heavy (non-hydrogen) atoms. The van der Waals surface area contributed by atoms with Crippen LogP contribution < -0.4 is 4.90 Å². The molecule has 1 aromatic carbocycles. The van der Waals surface area contributed by atoms with Gasteiger partial charge in [-0.2, -0.15) is 0 Å². The first kappa shape index (κ1) is 16.4. The molecule has 1 aliphatic heterocycles. The molecule has 0 spiro atoms. The van der Waals surface area contributed by atoms with Gasteiger partial charge in [-0.25, -0.2) is 13.8 Å². The molecule has 1 fully saturated rings. The van der Waals surface area contributed by atoms with Gasteiger partial charge in [0.25, 0.3) is 0 Å². The standard InChI is InChI=1S/C18H22F2N2S/c1-18(2,3)15-12(7-8-13(19)16(15)20)14-11-23-17(21-14)22-9-5-4-6-10-22/h7-8,11H,4-6,9-10H2,1-3H3. The van der Waals surface area contributed by atoms with Crippen molar-refractivity contribution in [3.63, 3.8) is 0 Å². The van der Waals surface area contributed by atoms with Crippen LogP contribution in [0.25, 0.3) is 11.3 Å². The molecule has 0 amide bonds. The number of rotatable bonds is 2. The number of halogens is 2. The zero-order valence-corrected chi connectivity index (χ0v) is 14.6. The van der Waals surface area contributed by atoms with Crippen molar-refractivity contribution in [2.24, 2.45) is 0 Å². The molecule has 0 unspecified atom stereocenters. The number of aromatic nitrogens is 1. The summed E-state index contributed by atoms with van der Waals surface area (Å²) < 4.78 is 28.1. The largest absolute Gasteiger partial charge is 0.348 e. The number of anilines is 1. The molecule has 0 aliphatic carbocycles. The maximum absolute atomic E-state index is 14.4. The van der Waals surface area contributed by atoms with E-state index in [0.29, 0.717) is 11.1 Å². The van der Waals surface area contributed by atoms with E-state index >= 15 is 0 Å². The molecule has 1 aromatic heterocycles. The second kappa shape index (κ2) is 6.19. The fourth-order valence-corrected chi connectivity index (χ4v) is 4.00. The maximum Gasteiger partial charge on any atom is 0.185 e. The molecule has 124 valence electrons. The van der Waals surface area contributed by atoms with E-state index in [1.807, 2.05) is 26.2 Å². The summed E-state index contributed by atoms with van der Waals surface area (Å²) in [5.74, 6) is -1.56. The minimum atomic E-state index is -0.801. The topological polar surface area (TPSA) is 16.1 Å². The zero-order chi connectivity index (χ0) is 16.6. The average molecular weight is 336 g/mol. The summed E-state index contributed by atoms with van der Waals surface area (Å²) in [5.41, 5.74) is 1.33. The van der Waals surface area contributed by atoms with Crippen molar-refractivity contribution in [2.75, 3.05) is 18.0 Å². The molecule has 2 aromatic rings. The second-order valence-corrected chi connectivity index (χ2v) is 7.93. The number of nitrogens with zero attached hydrogens (tertiary/aromatic N) is 2. The third-order valence-electron chi connectivity index (χ3n) is 4.24. The molecule has 2 nitrogen and oxygen atoms in total. The van der Waals surface area contributed by atoms with Crippen molar-refractivity contribution in [2.45, 2.75) is 45.4 Å². The van der Waals surface area contributed by atoms with E-state index in [4.69, 9.17) is 4.98 Å². The predicted octanol–water partition coefficient (Wildman–Crippen LogP) is 5.38. The third kappa shape index (κ3) is 3.25. The van der Waals surface area contributed by atoms with Crippen molar-refractivity contribution in [1.82, 2.24) is 4.98 Å². The summed E-state index contributed by atoms with van der Waals surface area (Å²) in [6.07, 6.45) is 3.65. The van der Waals surface area contributed by atoms with Crippen LogP contribution in [0.2, 0.25) is 0 Å². The van der Waals surface area contributed by atoms with Crippen LogP contribution in [0.5, 0.6) is 0 Å². The number of thiazole rings is 1. The van der Waals surface area contributed by atoms with E-state index in [-0.39, 0.29) is 0 Å². The Balaban J connectivity index is 2.02. The fourth-order valence-electron chi connectivity index (χ4n) is 3.12. The van der Waals surface area contributed by atoms with Gasteiger partial charge in [-0.1, -0.05) is 20.8 Å². The van der Waals surface area contributed by atoms with Crippen molar-refractivity contribution >= 4 is 16.5 Å². The smallest absolute Gasteiger partial charge is 0.185 e. The first-order valence-electron chi connectivity index (χ1n) is 8.07. The lowest BCUT2D eigenvalue weighted by Crippen LogP contribution is -2.29. The first-order chi connectivity index (χ1) is 10.9. The SMILES string of the molecule is CC(C)(C)c1c(-c2csc(N3CCCCC3)n2)ccc(F)c1F. The number of hydrogen-bond donors (Lipinski definition) is 0. The number of hydrogen-bond acceptors (Lipinski definition) is 3. The van der Waals surface area contributed by atoms with Crippen molar-refractivity contribution in [3.05, 3.63) is 34.7 Å². The Morgan fingerprint density at radius 3 is 2.43 bits per heavy atom.